The second-order valence-corrected chi connectivity index (χ2v) is 8.19. The summed E-state index contributed by atoms with van der Waals surface area (Å²) in [5, 5.41) is 6.84. The zero-order valence-electron chi connectivity index (χ0n) is 18.9. The standard InChI is InChI=1S/C26H34N2O3/c1-4-6-10-18(5-2)17-28-22-14-13-21(27-15-9-16-31-3)23-24(22)26(30)20-12-8-7-11-19(20)25(23)29/h7-8,11-14,18,27-28H,4-6,9-10,15-17H2,1-3H3/t18-/m0/s1. The maximum Gasteiger partial charge on any atom is 0.196 e. The number of hydrogen-bond donors (Lipinski definition) is 2. The van der Waals surface area contributed by atoms with E-state index in [1.165, 1.54) is 12.8 Å². The molecule has 2 aromatic carbocycles. The van der Waals surface area contributed by atoms with Gasteiger partial charge in [0.25, 0.3) is 0 Å². The van der Waals surface area contributed by atoms with Crippen molar-refractivity contribution >= 4 is 22.9 Å². The van der Waals surface area contributed by atoms with Crippen LogP contribution in [0.1, 0.15) is 77.8 Å². The van der Waals surface area contributed by atoms with Crippen LogP contribution in [0.5, 0.6) is 0 Å². The molecule has 0 saturated heterocycles. The van der Waals surface area contributed by atoms with Crippen molar-refractivity contribution in [2.24, 2.45) is 5.92 Å². The molecule has 5 nitrogen and oxygen atoms in total. The molecular weight excluding hydrogens is 388 g/mol. The number of hydrogen-bond acceptors (Lipinski definition) is 5. The quantitative estimate of drug-likeness (QED) is 0.375. The van der Waals surface area contributed by atoms with Crippen molar-refractivity contribution in [3.05, 3.63) is 58.7 Å². The van der Waals surface area contributed by atoms with Gasteiger partial charge in [0.2, 0.25) is 0 Å². The maximum absolute atomic E-state index is 13.4. The first kappa shape index (κ1) is 23.0. The van der Waals surface area contributed by atoms with Crippen LogP contribution in [-0.4, -0.2) is 38.4 Å². The number of unbranched alkanes of at least 4 members (excludes halogenated alkanes) is 1. The molecule has 1 aliphatic rings. The third-order valence-electron chi connectivity index (χ3n) is 6.04. The van der Waals surface area contributed by atoms with E-state index in [-0.39, 0.29) is 11.6 Å². The number of anilines is 2. The number of nitrogens with one attached hydrogen (secondary N) is 2. The van der Waals surface area contributed by atoms with Crippen LogP contribution in [-0.2, 0) is 4.74 Å². The minimum atomic E-state index is -0.0962. The van der Waals surface area contributed by atoms with Gasteiger partial charge < -0.3 is 15.4 Å². The second kappa shape index (κ2) is 11.1. The van der Waals surface area contributed by atoms with Crippen LogP contribution in [0.3, 0.4) is 0 Å². The van der Waals surface area contributed by atoms with Gasteiger partial charge in [0, 0.05) is 49.3 Å². The van der Waals surface area contributed by atoms with E-state index in [2.05, 4.69) is 24.5 Å². The third kappa shape index (κ3) is 5.16. The zero-order valence-corrected chi connectivity index (χ0v) is 18.9. The highest BCUT2D eigenvalue weighted by atomic mass is 16.5. The number of fused-ring (bicyclic) bond motifs is 2. The topological polar surface area (TPSA) is 67.4 Å². The number of ether oxygens (including phenoxy) is 1. The van der Waals surface area contributed by atoms with Crippen LogP contribution in [0.15, 0.2) is 36.4 Å². The summed E-state index contributed by atoms with van der Waals surface area (Å²) >= 11 is 0. The van der Waals surface area contributed by atoms with Gasteiger partial charge in [-0.3, -0.25) is 9.59 Å². The molecule has 1 atom stereocenters. The van der Waals surface area contributed by atoms with E-state index >= 15 is 0 Å². The summed E-state index contributed by atoms with van der Waals surface area (Å²) in [7, 11) is 1.67. The van der Waals surface area contributed by atoms with Crippen LogP contribution in [0.2, 0.25) is 0 Å². The molecule has 0 saturated carbocycles. The third-order valence-corrected chi connectivity index (χ3v) is 6.04. The fraction of sp³-hybridized carbons (Fsp3) is 0.462. The summed E-state index contributed by atoms with van der Waals surface area (Å²) in [5.41, 5.74) is 3.39. The Hall–Kier alpha value is -2.66. The first-order valence-electron chi connectivity index (χ1n) is 11.4. The molecule has 0 amide bonds. The van der Waals surface area contributed by atoms with Crippen molar-refractivity contribution < 1.29 is 14.3 Å². The van der Waals surface area contributed by atoms with E-state index in [4.69, 9.17) is 4.74 Å². The lowest BCUT2D eigenvalue weighted by molar-refractivity contribution is 0.0980. The van der Waals surface area contributed by atoms with Gasteiger partial charge in [0.15, 0.2) is 11.6 Å². The van der Waals surface area contributed by atoms with E-state index in [0.29, 0.717) is 47.0 Å². The molecule has 0 spiro atoms. The van der Waals surface area contributed by atoms with Crippen LogP contribution in [0.25, 0.3) is 0 Å². The van der Waals surface area contributed by atoms with Gasteiger partial charge >= 0.3 is 0 Å². The van der Waals surface area contributed by atoms with Crippen molar-refractivity contribution in [1.82, 2.24) is 0 Å². The number of carbonyl (C=O) groups excluding carboxylic acids is 2. The number of rotatable bonds is 12. The Kier molecular flexibility index (Phi) is 8.24. The minimum absolute atomic E-state index is 0.0881. The molecule has 0 fully saturated rings. The molecule has 0 radical (unpaired) electrons. The summed E-state index contributed by atoms with van der Waals surface area (Å²) in [6.07, 6.45) is 5.45. The SMILES string of the molecule is CCCC[C@H](CC)CNc1ccc(NCCCOC)c2c1C(=O)c1ccccc1C2=O. The van der Waals surface area contributed by atoms with Gasteiger partial charge in [-0.2, -0.15) is 0 Å². The number of methoxy groups -OCH3 is 1. The van der Waals surface area contributed by atoms with E-state index < -0.39 is 0 Å². The Morgan fingerprint density at radius 2 is 1.48 bits per heavy atom. The molecule has 166 valence electrons. The molecule has 0 heterocycles. The lowest BCUT2D eigenvalue weighted by Gasteiger charge is -2.25. The molecule has 1 aliphatic carbocycles. The monoisotopic (exact) mass is 422 g/mol. The molecule has 0 unspecified atom stereocenters. The van der Waals surface area contributed by atoms with E-state index in [1.807, 2.05) is 24.3 Å². The smallest absolute Gasteiger partial charge is 0.196 e. The molecule has 0 bridgehead atoms. The summed E-state index contributed by atoms with van der Waals surface area (Å²) < 4.78 is 5.12. The van der Waals surface area contributed by atoms with Crippen molar-refractivity contribution in [1.29, 1.82) is 0 Å². The largest absolute Gasteiger partial charge is 0.385 e. The highest BCUT2D eigenvalue weighted by Crippen LogP contribution is 2.36. The molecule has 0 aromatic heterocycles. The number of benzene rings is 2. The molecule has 5 heteroatoms. The van der Waals surface area contributed by atoms with Crippen molar-refractivity contribution in [3.8, 4) is 0 Å². The van der Waals surface area contributed by atoms with Gasteiger partial charge in [-0.05, 0) is 30.9 Å². The van der Waals surface area contributed by atoms with Gasteiger partial charge in [0.05, 0.1) is 11.1 Å². The normalized spacial score (nSPS) is 13.5. The van der Waals surface area contributed by atoms with Crippen LogP contribution in [0.4, 0.5) is 11.4 Å². The molecule has 2 N–H and O–H groups in total. The lowest BCUT2D eigenvalue weighted by Crippen LogP contribution is -2.25. The maximum atomic E-state index is 13.4. The van der Waals surface area contributed by atoms with Gasteiger partial charge in [-0.15, -0.1) is 0 Å². The minimum Gasteiger partial charge on any atom is -0.385 e. The molecule has 3 rings (SSSR count). The van der Waals surface area contributed by atoms with Crippen molar-refractivity contribution in [2.75, 3.05) is 37.4 Å². The average molecular weight is 423 g/mol. The average Bonchev–Trinajstić information content (AvgIpc) is 2.80. The fourth-order valence-corrected chi connectivity index (χ4v) is 4.15. The molecule has 0 aliphatic heterocycles. The summed E-state index contributed by atoms with van der Waals surface area (Å²) in [6, 6.07) is 11.0. The molecule has 31 heavy (non-hydrogen) atoms. The fourth-order valence-electron chi connectivity index (χ4n) is 4.15. The predicted octanol–water partition coefficient (Wildman–Crippen LogP) is 5.54. The van der Waals surface area contributed by atoms with Gasteiger partial charge in [0.1, 0.15) is 0 Å². The zero-order chi connectivity index (χ0) is 22.2. The number of ketones is 2. The van der Waals surface area contributed by atoms with E-state index in [9.17, 15) is 9.59 Å². The molecular formula is C26H34N2O3. The second-order valence-electron chi connectivity index (χ2n) is 8.19. The Morgan fingerprint density at radius 3 is 2.03 bits per heavy atom. The Morgan fingerprint density at radius 1 is 0.871 bits per heavy atom. The Labute approximate surface area is 185 Å². The lowest BCUT2D eigenvalue weighted by atomic mass is 9.82. The first-order chi connectivity index (χ1) is 15.1. The first-order valence-corrected chi connectivity index (χ1v) is 11.4. The summed E-state index contributed by atoms with van der Waals surface area (Å²) in [5.74, 6) is 0.361. The van der Waals surface area contributed by atoms with Crippen molar-refractivity contribution in [3.63, 3.8) is 0 Å². The van der Waals surface area contributed by atoms with Crippen LogP contribution >= 0.6 is 0 Å². The number of carbonyl (C=O) groups is 2. The van der Waals surface area contributed by atoms with Gasteiger partial charge in [-0.1, -0.05) is 57.4 Å². The predicted molar refractivity (Wildman–Crippen MR) is 127 cm³/mol. The highest BCUT2D eigenvalue weighted by Gasteiger charge is 2.33. The van der Waals surface area contributed by atoms with Crippen LogP contribution < -0.4 is 10.6 Å². The molecule has 2 aromatic rings. The van der Waals surface area contributed by atoms with E-state index in [1.54, 1.807) is 19.2 Å². The van der Waals surface area contributed by atoms with Crippen LogP contribution in [0, 0.1) is 5.92 Å². The Bertz CT molecular complexity index is 923. The highest BCUT2D eigenvalue weighted by molar-refractivity contribution is 6.31. The summed E-state index contributed by atoms with van der Waals surface area (Å²) in [6.45, 7) is 6.52. The summed E-state index contributed by atoms with van der Waals surface area (Å²) in [4.78, 5) is 26.9. The van der Waals surface area contributed by atoms with Crippen molar-refractivity contribution in [2.45, 2.75) is 46.0 Å². The van der Waals surface area contributed by atoms with E-state index in [0.717, 1.165) is 31.5 Å². The Balaban J connectivity index is 1.94. The van der Waals surface area contributed by atoms with Gasteiger partial charge in [-0.25, -0.2) is 0 Å².